The molecule has 2 aromatic heterocycles. The molecule has 10 nitrogen and oxygen atoms in total. The molecular formula is C17H13N4O6-. The Balaban J connectivity index is 2.18. The Morgan fingerprint density at radius 3 is 2.37 bits per heavy atom. The Bertz CT molecular complexity index is 1320. The zero-order valence-electron chi connectivity index (χ0n) is 14.2. The van der Waals surface area contributed by atoms with E-state index >= 15 is 0 Å². The largest absolute Gasteiger partial charge is 0.860 e. The van der Waals surface area contributed by atoms with E-state index in [1.165, 1.54) is 14.1 Å². The molecule has 0 saturated heterocycles. The van der Waals surface area contributed by atoms with Gasteiger partial charge in [0.25, 0.3) is 11.1 Å². The second-order valence-corrected chi connectivity index (χ2v) is 6.15. The van der Waals surface area contributed by atoms with E-state index in [0.717, 1.165) is 9.13 Å². The number of hydrogen-bond acceptors (Lipinski definition) is 6. The number of hydrogen-bond donors (Lipinski definition) is 2. The molecule has 1 unspecified atom stereocenters. The van der Waals surface area contributed by atoms with E-state index in [1.54, 1.807) is 24.3 Å². The van der Waals surface area contributed by atoms with Crippen molar-refractivity contribution in [3.8, 4) is 17.5 Å². The summed E-state index contributed by atoms with van der Waals surface area (Å²) in [4.78, 5) is 53.5. The molecule has 1 aliphatic rings. The van der Waals surface area contributed by atoms with Crippen LogP contribution in [-0.2, 0) is 14.1 Å². The first-order chi connectivity index (χ1) is 12.8. The summed E-state index contributed by atoms with van der Waals surface area (Å²) >= 11 is 0. The normalized spacial score (nSPS) is 15.0. The zero-order valence-corrected chi connectivity index (χ0v) is 14.2. The van der Waals surface area contributed by atoms with Crippen LogP contribution < -0.4 is 32.3 Å². The standard InChI is InChI=1S/C17H14N4O6/c1-20-14(23)10(12(22)18-16(20)25)9-7-5-3-4-6-8(7)27-13-11(9)15(24)21(2)17(26)19-13/h3-6,9,23H,1-2H3,(H,19,26)(H,18,22,25)/p-1. The molecule has 1 aromatic carbocycles. The Kier molecular flexibility index (Phi) is 3.45. The van der Waals surface area contributed by atoms with Crippen LogP contribution in [0.5, 0.6) is 17.5 Å². The molecule has 1 atom stereocenters. The van der Waals surface area contributed by atoms with E-state index in [4.69, 9.17) is 4.74 Å². The molecule has 27 heavy (non-hydrogen) atoms. The third kappa shape index (κ3) is 2.26. The molecule has 3 aromatic rings. The average Bonchev–Trinajstić information content (AvgIpc) is 2.64. The van der Waals surface area contributed by atoms with Gasteiger partial charge in [0.15, 0.2) is 0 Å². The quantitative estimate of drug-likeness (QED) is 0.432. The second-order valence-electron chi connectivity index (χ2n) is 6.15. The number of ether oxygens (including phenoxy) is 1. The number of fused-ring (bicyclic) bond motifs is 2. The van der Waals surface area contributed by atoms with Gasteiger partial charge in [-0.25, -0.2) is 9.59 Å². The maximum atomic E-state index is 12.8. The van der Waals surface area contributed by atoms with Crippen molar-refractivity contribution in [2.45, 2.75) is 5.92 Å². The van der Waals surface area contributed by atoms with E-state index in [0.29, 0.717) is 5.56 Å². The highest BCUT2D eigenvalue weighted by molar-refractivity contribution is 5.56. The number of nitrogens with one attached hydrogen (secondary N) is 2. The number of aromatic amines is 2. The zero-order chi connectivity index (χ0) is 19.5. The van der Waals surface area contributed by atoms with Gasteiger partial charge in [0.05, 0.1) is 11.5 Å². The van der Waals surface area contributed by atoms with E-state index < -0.39 is 34.3 Å². The highest BCUT2D eigenvalue weighted by atomic mass is 16.5. The summed E-state index contributed by atoms with van der Waals surface area (Å²) in [7, 11) is 2.49. The predicted octanol–water partition coefficient (Wildman–Crippen LogP) is -1.18. The molecule has 0 fully saturated rings. The number of benzene rings is 1. The topological polar surface area (TPSA) is 142 Å². The molecular weight excluding hydrogens is 356 g/mol. The second kappa shape index (κ2) is 5.59. The van der Waals surface area contributed by atoms with Crippen molar-refractivity contribution in [1.82, 2.24) is 19.1 Å². The van der Waals surface area contributed by atoms with Gasteiger partial charge in [-0.2, -0.15) is 0 Å². The molecule has 0 amide bonds. The van der Waals surface area contributed by atoms with E-state index in [9.17, 15) is 24.3 Å². The van der Waals surface area contributed by atoms with Crippen molar-refractivity contribution in [3.63, 3.8) is 0 Å². The maximum absolute atomic E-state index is 12.8. The van der Waals surface area contributed by atoms with Crippen LogP contribution in [0.1, 0.15) is 22.6 Å². The lowest BCUT2D eigenvalue weighted by Gasteiger charge is -2.29. The van der Waals surface area contributed by atoms with Gasteiger partial charge in [-0.05, 0) is 11.9 Å². The fourth-order valence-corrected chi connectivity index (χ4v) is 3.20. The SMILES string of the molecule is Cn1c([O-])c(C2c3ccccc3Oc3[nH]c(=O)n(C)c(=O)c32)c(=O)[nH]c1=O. The van der Waals surface area contributed by atoms with E-state index in [2.05, 4.69) is 9.97 Å². The lowest BCUT2D eigenvalue weighted by atomic mass is 9.85. The van der Waals surface area contributed by atoms with Crippen molar-refractivity contribution < 1.29 is 9.84 Å². The molecule has 0 aliphatic carbocycles. The van der Waals surface area contributed by atoms with Gasteiger partial charge in [-0.3, -0.25) is 24.1 Å². The van der Waals surface area contributed by atoms with Crippen LogP contribution >= 0.6 is 0 Å². The minimum Gasteiger partial charge on any atom is -0.860 e. The maximum Gasteiger partial charge on any atom is 0.330 e. The van der Waals surface area contributed by atoms with Crippen molar-refractivity contribution >= 4 is 0 Å². The Morgan fingerprint density at radius 1 is 0.963 bits per heavy atom. The minimum absolute atomic E-state index is 0.0583. The van der Waals surface area contributed by atoms with E-state index in [-0.39, 0.29) is 22.8 Å². The highest BCUT2D eigenvalue weighted by Gasteiger charge is 2.35. The van der Waals surface area contributed by atoms with Crippen molar-refractivity contribution in [1.29, 1.82) is 0 Å². The molecule has 138 valence electrons. The monoisotopic (exact) mass is 369 g/mol. The number of aromatic nitrogens is 4. The molecule has 0 spiro atoms. The summed E-state index contributed by atoms with van der Waals surface area (Å²) < 4.78 is 7.21. The van der Waals surface area contributed by atoms with Crippen LogP contribution in [-0.4, -0.2) is 19.1 Å². The molecule has 4 rings (SSSR count). The van der Waals surface area contributed by atoms with Crippen LogP contribution in [0.2, 0.25) is 0 Å². The first-order valence-electron chi connectivity index (χ1n) is 7.91. The van der Waals surface area contributed by atoms with Crippen LogP contribution in [0.3, 0.4) is 0 Å². The van der Waals surface area contributed by atoms with E-state index in [1.807, 2.05) is 0 Å². The molecule has 0 bridgehead atoms. The van der Waals surface area contributed by atoms with Gasteiger partial charge in [0, 0.05) is 25.2 Å². The van der Waals surface area contributed by atoms with Gasteiger partial charge in [-0.15, -0.1) is 0 Å². The number of para-hydroxylation sites is 1. The third-order valence-electron chi connectivity index (χ3n) is 4.63. The Labute approximate surface area is 149 Å². The summed E-state index contributed by atoms with van der Waals surface area (Å²) in [5.41, 5.74) is -3.13. The van der Waals surface area contributed by atoms with Crippen LogP contribution in [0.15, 0.2) is 43.4 Å². The predicted molar refractivity (Wildman–Crippen MR) is 91.5 cm³/mol. The minimum atomic E-state index is -1.11. The van der Waals surface area contributed by atoms with Crippen molar-refractivity contribution in [2.24, 2.45) is 14.1 Å². The first kappa shape index (κ1) is 16.6. The summed E-state index contributed by atoms with van der Waals surface area (Å²) in [5.74, 6) is -1.79. The first-order valence-corrected chi connectivity index (χ1v) is 7.91. The smallest absolute Gasteiger partial charge is 0.330 e. The number of H-pyrrole nitrogens is 2. The molecule has 3 heterocycles. The van der Waals surface area contributed by atoms with Crippen LogP contribution in [0.4, 0.5) is 0 Å². The fraction of sp³-hybridized carbons (Fsp3) is 0.176. The molecule has 1 aliphatic heterocycles. The van der Waals surface area contributed by atoms with Gasteiger partial charge in [0.2, 0.25) is 5.88 Å². The number of nitrogens with zero attached hydrogens (tertiary/aromatic N) is 2. The fourth-order valence-electron chi connectivity index (χ4n) is 3.20. The van der Waals surface area contributed by atoms with Crippen LogP contribution in [0.25, 0.3) is 0 Å². The Hall–Kier alpha value is -3.82. The number of rotatable bonds is 1. The molecule has 2 N–H and O–H groups in total. The molecule has 10 heteroatoms. The van der Waals surface area contributed by atoms with Crippen molar-refractivity contribution in [3.05, 3.63) is 82.6 Å². The third-order valence-corrected chi connectivity index (χ3v) is 4.63. The van der Waals surface area contributed by atoms with Crippen molar-refractivity contribution in [2.75, 3.05) is 0 Å². The Morgan fingerprint density at radius 2 is 1.63 bits per heavy atom. The summed E-state index contributed by atoms with van der Waals surface area (Å²) in [5, 5.41) is 12.7. The lowest BCUT2D eigenvalue weighted by Crippen LogP contribution is -2.40. The van der Waals surface area contributed by atoms with Gasteiger partial charge in [0.1, 0.15) is 5.75 Å². The summed E-state index contributed by atoms with van der Waals surface area (Å²) in [6.45, 7) is 0. The highest BCUT2D eigenvalue weighted by Crippen LogP contribution is 2.44. The summed E-state index contributed by atoms with van der Waals surface area (Å²) in [6, 6.07) is 6.53. The van der Waals surface area contributed by atoms with Crippen LogP contribution in [0, 0.1) is 0 Å². The molecule has 0 saturated carbocycles. The summed E-state index contributed by atoms with van der Waals surface area (Å²) in [6.07, 6.45) is 0. The van der Waals surface area contributed by atoms with Gasteiger partial charge in [-0.1, -0.05) is 18.2 Å². The lowest BCUT2D eigenvalue weighted by molar-refractivity contribution is -0.280. The average molecular weight is 369 g/mol. The van der Waals surface area contributed by atoms with Gasteiger partial charge < -0.3 is 14.4 Å². The molecule has 0 radical (unpaired) electrons. The van der Waals surface area contributed by atoms with Gasteiger partial charge >= 0.3 is 11.4 Å².